The van der Waals surface area contributed by atoms with Crippen LogP contribution in [0.5, 0.6) is 0 Å². The van der Waals surface area contributed by atoms with Crippen molar-refractivity contribution < 1.29 is 4.79 Å². The van der Waals surface area contributed by atoms with E-state index in [1.165, 1.54) is 0 Å². The molecule has 1 aromatic heterocycles. The number of aliphatic imine (C=N–C) groups is 1. The van der Waals surface area contributed by atoms with E-state index in [-0.39, 0.29) is 41.5 Å². The molecular weight excluding hydrogens is 473 g/mol. The molecule has 1 amide bonds. The number of carbonyl (C=O) groups excluding carboxylic acids is 1. The third-order valence-corrected chi connectivity index (χ3v) is 4.84. The van der Waals surface area contributed by atoms with Gasteiger partial charge in [0.05, 0.1) is 0 Å². The Bertz CT molecular complexity index is 724. The highest BCUT2D eigenvalue weighted by Gasteiger charge is 2.28. The highest BCUT2D eigenvalue weighted by molar-refractivity contribution is 14.0. The highest BCUT2D eigenvalue weighted by atomic mass is 127. The molecule has 1 fully saturated rings. The van der Waals surface area contributed by atoms with Gasteiger partial charge in [-0.15, -0.1) is 24.0 Å². The third-order valence-electron chi connectivity index (χ3n) is 4.84. The van der Waals surface area contributed by atoms with Crippen LogP contribution in [0, 0.1) is 5.92 Å². The average Bonchev–Trinajstić information content (AvgIpc) is 3.48. The lowest BCUT2D eigenvalue weighted by atomic mass is 10.2. The van der Waals surface area contributed by atoms with E-state index in [0.29, 0.717) is 26.2 Å². The summed E-state index contributed by atoms with van der Waals surface area (Å²) < 4.78 is 3.37. The molecule has 0 saturated heterocycles. The maximum absolute atomic E-state index is 12.3. The standard InChI is InChI=1S/C18H31N7O2.HI/c1-2-19-17(22-11-10-20-16(26)14-7-8-14)21-9-5-13-25-18(27)24-12-4-3-6-15(24)23-25;/h14H,2-13H2,1H3,(H,20,26)(H2,19,21,22);1H. The lowest BCUT2D eigenvalue weighted by Gasteiger charge is -2.11. The predicted octanol–water partition coefficient (Wildman–Crippen LogP) is 0.471. The van der Waals surface area contributed by atoms with Gasteiger partial charge in [-0.2, -0.15) is 5.10 Å². The minimum Gasteiger partial charge on any atom is -0.357 e. The van der Waals surface area contributed by atoms with Gasteiger partial charge < -0.3 is 16.0 Å². The first-order valence-electron chi connectivity index (χ1n) is 10.2. The Morgan fingerprint density at radius 1 is 1.21 bits per heavy atom. The van der Waals surface area contributed by atoms with Crippen LogP contribution < -0.4 is 21.6 Å². The molecule has 1 aliphatic carbocycles. The number of amides is 1. The maximum Gasteiger partial charge on any atom is 0.345 e. The summed E-state index contributed by atoms with van der Waals surface area (Å²) in [6, 6.07) is 0. The van der Waals surface area contributed by atoms with Crippen LogP contribution >= 0.6 is 24.0 Å². The number of fused-ring (bicyclic) bond motifs is 1. The highest BCUT2D eigenvalue weighted by Crippen LogP contribution is 2.28. The molecule has 0 spiro atoms. The van der Waals surface area contributed by atoms with Gasteiger partial charge >= 0.3 is 5.69 Å². The van der Waals surface area contributed by atoms with Crippen molar-refractivity contribution in [3.8, 4) is 0 Å². The summed E-state index contributed by atoms with van der Waals surface area (Å²) in [7, 11) is 0. The molecule has 28 heavy (non-hydrogen) atoms. The van der Waals surface area contributed by atoms with Crippen molar-refractivity contribution in [2.45, 2.75) is 58.5 Å². The van der Waals surface area contributed by atoms with Gasteiger partial charge in [-0.05, 0) is 39.0 Å². The number of nitrogens with zero attached hydrogens (tertiary/aromatic N) is 4. The van der Waals surface area contributed by atoms with E-state index in [9.17, 15) is 9.59 Å². The Hall–Kier alpha value is -1.59. The fourth-order valence-corrected chi connectivity index (χ4v) is 3.20. The van der Waals surface area contributed by atoms with Crippen molar-refractivity contribution in [3.05, 3.63) is 16.3 Å². The first-order chi connectivity index (χ1) is 13.2. The number of halogens is 1. The Balaban J connectivity index is 0.00000280. The number of rotatable bonds is 9. The predicted molar refractivity (Wildman–Crippen MR) is 119 cm³/mol. The molecule has 3 rings (SSSR count). The molecule has 0 unspecified atom stereocenters. The number of nitrogens with one attached hydrogen (secondary N) is 3. The van der Waals surface area contributed by atoms with Gasteiger partial charge in [0, 0.05) is 51.6 Å². The monoisotopic (exact) mass is 505 g/mol. The van der Waals surface area contributed by atoms with Crippen LogP contribution in [-0.4, -0.2) is 52.4 Å². The molecule has 1 aromatic rings. The second-order valence-electron chi connectivity index (χ2n) is 7.14. The largest absolute Gasteiger partial charge is 0.357 e. The fraction of sp³-hybridized carbons (Fsp3) is 0.778. The molecule has 0 radical (unpaired) electrons. The number of aryl methyl sites for hydroxylation is 2. The molecular formula is C18H32IN7O2. The van der Waals surface area contributed by atoms with Crippen molar-refractivity contribution in [2.24, 2.45) is 10.9 Å². The third kappa shape index (κ3) is 6.49. The summed E-state index contributed by atoms with van der Waals surface area (Å²) >= 11 is 0. The van der Waals surface area contributed by atoms with Crippen LogP contribution in [0.3, 0.4) is 0 Å². The summed E-state index contributed by atoms with van der Waals surface area (Å²) in [4.78, 5) is 28.4. The van der Waals surface area contributed by atoms with Crippen LogP contribution in [0.2, 0.25) is 0 Å². The SMILES string of the molecule is CCNC(=NCCCn1nc2n(c1=O)CCCC2)NCCNC(=O)C1CC1.I. The van der Waals surface area contributed by atoms with Gasteiger partial charge in [0.1, 0.15) is 5.82 Å². The molecule has 2 aliphatic rings. The number of carbonyl (C=O) groups is 1. The zero-order chi connectivity index (χ0) is 19.1. The van der Waals surface area contributed by atoms with E-state index >= 15 is 0 Å². The van der Waals surface area contributed by atoms with Gasteiger partial charge in [0.15, 0.2) is 5.96 Å². The molecule has 1 saturated carbocycles. The van der Waals surface area contributed by atoms with Crippen molar-refractivity contribution in [1.82, 2.24) is 30.3 Å². The number of hydrogen-bond acceptors (Lipinski definition) is 4. The van der Waals surface area contributed by atoms with Crippen molar-refractivity contribution in [3.63, 3.8) is 0 Å². The van der Waals surface area contributed by atoms with Crippen molar-refractivity contribution >= 4 is 35.8 Å². The second kappa shape index (κ2) is 11.4. The molecule has 10 heteroatoms. The summed E-state index contributed by atoms with van der Waals surface area (Å²) in [6.45, 7) is 6.00. The molecule has 1 aliphatic heterocycles. The Morgan fingerprint density at radius 2 is 2.00 bits per heavy atom. The lowest BCUT2D eigenvalue weighted by Crippen LogP contribution is -2.41. The zero-order valence-corrected chi connectivity index (χ0v) is 18.9. The van der Waals surface area contributed by atoms with E-state index in [2.05, 4.69) is 26.0 Å². The van der Waals surface area contributed by atoms with E-state index < -0.39 is 0 Å². The molecule has 158 valence electrons. The molecule has 3 N–H and O–H groups in total. The fourth-order valence-electron chi connectivity index (χ4n) is 3.20. The van der Waals surface area contributed by atoms with Crippen LogP contribution in [0.4, 0.5) is 0 Å². The zero-order valence-electron chi connectivity index (χ0n) is 16.6. The van der Waals surface area contributed by atoms with Crippen LogP contribution in [0.1, 0.15) is 44.9 Å². The summed E-state index contributed by atoms with van der Waals surface area (Å²) in [5, 5.41) is 13.8. The van der Waals surface area contributed by atoms with Crippen LogP contribution in [-0.2, 0) is 24.3 Å². The number of aromatic nitrogens is 3. The Kier molecular flexibility index (Phi) is 9.26. The second-order valence-corrected chi connectivity index (χ2v) is 7.14. The topological polar surface area (TPSA) is 105 Å². The van der Waals surface area contributed by atoms with Crippen LogP contribution in [0.25, 0.3) is 0 Å². The minimum atomic E-state index is 0. The molecule has 0 aromatic carbocycles. The smallest absolute Gasteiger partial charge is 0.345 e. The Labute approximate surface area is 182 Å². The summed E-state index contributed by atoms with van der Waals surface area (Å²) in [5.74, 6) is 2.04. The van der Waals surface area contributed by atoms with Crippen molar-refractivity contribution in [1.29, 1.82) is 0 Å². The van der Waals surface area contributed by atoms with E-state index in [1.54, 1.807) is 9.25 Å². The normalized spacial score (nSPS) is 16.1. The molecule has 2 heterocycles. The van der Waals surface area contributed by atoms with E-state index in [0.717, 1.165) is 63.4 Å². The summed E-state index contributed by atoms with van der Waals surface area (Å²) in [6.07, 6.45) is 5.86. The summed E-state index contributed by atoms with van der Waals surface area (Å²) in [5.41, 5.74) is 0.00474. The van der Waals surface area contributed by atoms with Gasteiger partial charge in [-0.1, -0.05) is 0 Å². The number of hydrogen-bond donors (Lipinski definition) is 3. The first-order valence-corrected chi connectivity index (χ1v) is 10.2. The van der Waals surface area contributed by atoms with E-state index in [4.69, 9.17) is 0 Å². The van der Waals surface area contributed by atoms with Gasteiger partial charge in [-0.25, -0.2) is 9.48 Å². The van der Waals surface area contributed by atoms with Crippen molar-refractivity contribution in [2.75, 3.05) is 26.2 Å². The van der Waals surface area contributed by atoms with Gasteiger partial charge in [-0.3, -0.25) is 14.4 Å². The quantitative estimate of drug-likeness (QED) is 0.196. The molecule has 0 atom stereocenters. The first kappa shape index (κ1) is 22.7. The van der Waals surface area contributed by atoms with E-state index in [1.807, 2.05) is 6.92 Å². The average molecular weight is 505 g/mol. The maximum atomic E-state index is 12.3. The van der Waals surface area contributed by atoms with Gasteiger partial charge in [0.25, 0.3) is 0 Å². The van der Waals surface area contributed by atoms with Crippen LogP contribution in [0.15, 0.2) is 9.79 Å². The van der Waals surface area contributed by atoms with Gasteiger partial charge in [0.2, 0.25) is 5.91 Å². The molecule has 9 nitrogen and oxygen atoms in total. The Morgan fingerprint density at radius 3 is 2.71 bits per heavy atom. The lowest BCUT2D eigenvalue weighted by molar-refractivity contribution is -0.122. The number of guanidine groups is 1. The minimum absolute atomic E-state index is 0. The molecule has 0 bridgehead atoms.